The molecule has 0 unspecified atom stereocenters. The van der Waals surface area contributed by atoms with Crippen molar-refractivity contribution < 1.29 is 4.79 Å². The summed E-state index contributed by atoms with van der Waals surface area (Å²) >= 11 is 0. The number of rotatable bonds is 0. The summed E-state index contributed by atoms with van der Waals surface area (Å²) in [6, 6.07) is 5.54. The number of fused-ring (bicyclic) bond motifs is 1. The van der Waals surface area contributed by atoms with E-state index in [1.807, 2.05) is 12.1 Å². The summed E-state index contributed by atoms with van der Waals surface area (Å²) in [5.74, 6) is 0.236. The first-order valence-corrected chi connectivity index (χ1v) is 4.44. The Bertz CT molecular complexity index is 380. The smallest absolute Gasteiger partial charge is 0.164 e. The van der Waals surface area contributed by atoms with E-state index in [0.29, 0.717) is 6.42 Å². The molecule has 0 atom stereocenters. The molecule has 1 aliphatic carbocycles. The molecule has 2 rings (SSSR count). The highest BCUT2D eigenvalue weighted by Crippen LogP contribution is 2.38. The van der Waals surface area contributed by atoms with Crippen molar-refractivity contribution in [3.63, 3.8) is 0 Å². The van der Waals surface area contributed by atoms with Crippen molar-refractivity contribution in [2.24, 2.45) is 0 Å². The minimum absolute atomic E-state index is 0.0399. The fourth-order valence-corrected chi connectivity index (χ4v) is 1.96. The van der Waals surface area contributed by atoms with Crippen molar-refractivity contribution in [2.45, 2.75) is 25.7 Å². The van der Waals surface area contributed by atoms with Crippen molar-refractivity contribution in [2.75, 3.05) is 5.73 Å². The van der Waals surface area contributed by atoms with Crippen LogP contribution in [0.15, 0.2) is 18.2 Å². The zero-order valence-electron chi connectivity index (χ0n) is 7.92. The normalized spacial score (nSPS) is 18.8. The van der Waals surface area contributed by atoms with E-state index in [1.165, 1.54) is 0 Å². The number of hydrogen-bond acceptors (Lipinski definition) is 2. The van der Waals surface area contributed by atoms with Crippen LogP contribution in [0.25, 0.3) is 0 Å². The average molecular weight is 175 g/mol. The van der Waals surface area contributed by atoms with Gasteiger partial charge in [-0.3, -0.25) is 4.79 Å². The van der Waals surface area contributed by atoms with E-state index in [0.717, 1.165) is 16.8 Å². The molecule has 0 aliphatic heterocycles. The molecule has 0 bridgehead atoms. The molecule has 2 N–H and O–H groups in total. The quantitative estimate of drug-likeness (QED) is 0.614. The van der Waals surface area contributed by atoms with Crippen LogP contribution in [0.4, 0.5) is 5.69 Å². The Labute approximate surface area is 77.8 Å². The molecule has 0 aromatic heterocycles. The summed E-state index contributed by atoms with van der Waals surface area (Å²) < 4.78 is 0. The second kappa shape index (κ2) is 2.34. The lowest BCUT2D eigenvalue weighted by Gasteiger charge is -2.17. The first-order chi connectivity index (χ1) is 6.00. The second-order valence-electron chi connectivity index (χ2n) is 4.29. The van der Waals surface area contributed by atoms with Gasteiger partial charge in [0.05, 0.1) is 0 Å². The highest BCUT2D eigenvalue weighted by molar-refractivity contribution is 6.02. The number of carbonyl (C=O) groups is 1. The molecule has 2 heteroatoms. The third-order valence-corrected chi connectivity index (χ3v) is 2.68. The van der Waals surface area contributed by atoms with Gasteiger partial charge < -0.3 is 5.73 Å². The third-order valence-electron chi connectivity index (χ3n) is 2.68. The summed E-state index contributed by atoms with van der Waals surface area (Å²) in [5, 5.41) is 0. The first kappa shape index (κ1) is 8.30. The van der Waals surface area contributed by atoms with Crippen LogP contribution in [0, 0.1) is 0 Å². The number of hydrogen-bond donors (Lipinski definition) is 1. The maximum absolute atomic E-state index is 11.6. The topological polar surface area (TPSA) is 43.1 Å². The van der Waals surface area contributed by atoms with Gasteiger partial charge in [-0.15, -0.1) is 0 Å². The minimum atomic E-state index is -0.0399. The molecule has 0 fully saturated rings. The molecule has 0 saturated carbocycles. The molecule has 0 amide bonds. The van der Waals surface area contributed by atoms with Gasteiger partial charge >= 0.3 is 0 Å². The molecule has 0 saturated heterocycles. The van der Waals surface area contributed by atoms with Crippen molar-refractivity contribution in [1.82, 2.24) is 0 Å². The summed E-state index contributed by atoms with van der Waals surface area (Å²) in [6.45, 7) is 4.16. The molecular formula is C11H13NO. The lowest BCUT2D eigenvalue weighted by molar-refractivity contribution is 0.0979. The fraction of sp³-hybridized carbons (Fsp3) is 0.364. The number of Topliss-reactive ketones (excluding diaryl/α,β-unsaturated/α-hetero) is 1. The van der Waals surface area contributed by atoms with E-state index in [2.05, 4.69) is 13.8 Å². The Morgan fingerprint density at radius 1 is 1.38 bits per heavy atom. The molecule has 1 aliphatic rings. The van der Waals surface area contributed by atoms with Gasteiger partial charge in [0.2, 0.25) is 0 Å². The lowest BCUT2D eigenvalue weighted by atomic mass is 9.86. The van der Waals surface area contributed by atoms with E-state index < -0.39 is 0 Å². The Kier molecular flexibility index (Phi) is 1.50. The maximum atomic E-state index is 11.6. The van der Waals surface area contributed by atoms with Gasteiger partial charge in [-0.1, -0.05) is 13.8 Å². The minimum Gasteiger partial charge on any atom is -0.399 e. The Morgan fingerprint density at radius 2 is 2.08 bits per heavy atom. The molecule has 1 aromatic rings. The standard InChI is InChI=1S/C11H13NO/c1-11(2)6-10(13)8-4-3-7(12)5-9(8)11/h3-5H,6,12H2,1-2H3. The third kappa shape index (κ3) is 1.13. The number of carbonyl (C=O) groups excluding carboxylic acids is 1. The molecule has 0 radical (unpaired) electrons. The van der Waals surface area contributed by atoms with E-state index in [4.69, 9.17) is 5.73 Å². The molecule has 2 nitrogen and oxygen atoms in total. The molecule has 0 spiro atoms. The summed E-state index contributed by atoms with van der Waals surface area (Å²) in [4.78, 5) is 11.6. The molecule has 13 heavy (non-hydrogen) atoms. The van der Waals surface area contributed by atoms with Crippen LogP contribution in [-0.2, 0) is 5.41 Å². The number of benzene rings is 1. The molecule has 1 aromatic carbocycles. The number of nitrogens with two attached hydrogens (primary N) is 1. The van der Waals surface area contributed by atoms with E-state index >= 15 is 0 Å². The van der Waals surface area contributed by atoms with E-state index in [1.54, 1.807) is 6.07 Å². The monoisotopic (exact) mass is 175 g/mol. The largest absolute Gasteiger partial charge is 0.399 e. The van der Waals surface area contributed by atoms with E-state index in [9.17, 15) is 4.79 Å². The van der Waals surface area contributed by atoms with Gasteiger partial charge in [-0.2, -0.15) is 0 Å². The summed E-state index contributed by atoms with van der Waals surface area (Å²) in [6.07, 6.45) is 0.603. The van der Waals surface area contributed by atoms with Gasteiger partial charge in [-0.25, -0.2) is 0 Å². The Balaban J connectivity index is 2.66. The SMILES string of the molecule is CC1(C)CC(=O)c2ccc(N)cc21. The molecule has 0 heterocycles. The number of ketones is 1. The van der Waals surface area contributed by atoms with Crippen LogP contribution in [-0.4, -0.2) is 5.78 Å². The highest BCUT2D eigenvalue weighted by Gasteiger charge is 2.35. The number of nitrogen functional groups attached to an aromatic ring is 1. The van der Waals surface area contributed by atoms with Gasteiger partial charge in [0.25, 0.3) is 0 Å². The Hall–Kier alpha value is -1.31. The van der Waals surface area contributed by atoms with Crippen LogP contribution >= 0.6 is 0 Å². The van der Waals surface area contributed by atoms with Gasteiger partial charge in [0.15, 0.2) is 5.78 Å². The summed E-state index contributed by atoms with van der Waals surface area (Å²) in [7, 11) is 0. The predicted octanol–water partition coefficient (Wildman–Crippen LogP) is 2.13. The van der Waals surface area contributed by atoms with Crippen molar-refractivity contribution in [3.8, 4) is 0 Å². The van der Waals surface area contributed by atoms with Gasteiger partial charge in [0, 0.05) is 17.7 Å². The predicted molar refractivity (Wildman–Crippen MR) is 52.8 cm³/mol. The summed E-state index contributed by atoms with van der Waals surface area (Å²) in [5.41, 5.74) is 8.33. The van der Waals surface area contributed by atoms with E-state index in [-0.39, 0.29) is 11.2 Å². The van der Waals surface area contributed by atoms with Crippen LogP contribution in [0.5, 0.6) is 0 Å². The van der Waals surface area contributed by atoms with Crippen LogP contribution < -0.4 is 5.73 Å². The lowest BCUT2D eigenvalue weighted by Crippen LogP contribution is -2.12. The second-order valence-corrected chi connectivity index (χ2v) is 4.29. The van der Waals surface area contributed by atoms with Crippen molar-refractivity contribution in [1.29, 1.82) is 0 Å². The van der Waals surface area contributed by atoms with Crippen molar-refractivity contribution >= 4 is 11.5 Å². The van der Waals surface area contributed by atoms with Gasteiger partial charge in [-0.05, 0) is 29.2 Å². The van der Waals surface area contributed by atoms with Crippen LogP contribution in [0.1, 0.15) is 36.2 Å². The maximum Gasteiger partial charge on any atom is 0.164 e. The van der Waals surface area contributed by atoms with Crippen LogP contribution in [0.3, 0.4) is 0 Å². The number of anilines is 1. The zero-order valence-corrected chi connectivity index (χ0v) is 7.92. The van der Waals surface area contributed by atoms with Crippen molar-refractivity contribution in [3.05, 3.63) is 29.3 Å². The highest BCUT2D eigenvalue weighted by atomic mass is 16.1. The zero-order chi connectivity index (χ0) is 9.64. The molecule has 68 valence electrons. The average Bonchev–Trinajstić information content (AvgIpc) is 2.23. The molecular weight excluding hydrogens is 162 g/mol. The van der Waals surface area contributed by atoms with Crippen LogP contribution in [0.2, 0.25) is 0 Å². The first-order valence-electron chi connectivity index (χ1n) is 4.44. The van der Waals surface area contributed by atoms with Gasteiger partial charge in [0.1, 0.15) is 0 Å². The fourth-order valence-electron chi connectivity index (χ4n) is 1.96. The Morgan fingerprint density at radius 3 is 2.77 bits per heavy atom.